The second kappa shape index (κ2) is 9.02. The maximum Gasteiger partial charge on any atom is 0.435 e. The summed E-state index contributed by atoms with van der Waals surface area (Å²) >= 11 is 0. The van der Waals surface area contributed by atoms with Crippen molar-refractivity contribution in [3.63, 3.8) is 0 Å². The molecule has 1 aliphatic carbocycles. The van der Waals surface area contributed by atoms with Gasteiger partial charge in [0.25, 0.3) is 0 Å². The van der Waals surface area contributed by atoms with Crippen LogP contribution < -0.4 is 0 Å². The molecule has 0 amide bonds. The monoisotopic (exact) mass is 467 g/mol. The minimum absolute atomic E-state index is 0.191. The van der Waals surface area contributed by atoms with Crippen molar-refractivity contribution in [1.82, 2.24) is 14.3 Å². The average Bonchev–Trinajstić information content (AvgIpc) is 3.48. The first-order valence-electron chi connectivity index (χ1n) is 12.2. The second-order valence-electron chi connectivity index (χ2n) is 9.28. The van der Waals surface area contributed by atoms with Gasteiger partial charge in [-0.05, 0) is 66.8 Å². The molecular weight excluding hydrogens is 441 g/mol. The lowest BCUT2D eigenvalue weighted by Gasteiger charge is -2.24. The van der Waals surface area contributed by atoms with E-state index in [4.69, 9.17) is 4.74 Å². The Balaban J connectivity index is 1.42. The topological polar surface area (TPSA) is 49.1 Å². The first-order chi connectivity index (χ1) is 17.2. The molecule has 176 valence electrons. The van der Waals surface area contributed by atoms with E-state index in [1.54, 1.807) is 6.20 Å². The Morgan fingerprint density at radius 3 is 2.43 bits per heavy atom. The van der Waals surface area contributed by atoms with Gasteiger partial charge in [0.2, 0.25) is 0 Å². The third-order valence-corrected chi connectivity index (χ3v) is 7.01. The highest BCUT2D eigenvalue weighted by Gasteiger charge is 2.23. The summed E-state index contributed by atoms with van der Waals surface area (Å²) in [4.78, 5) is 12.8. The minimum atomic E-state index is -0.506. The molecular formula is C29H26FN3O2. The highest BCUT2D eigenvalue weighted by atomic mass is 19.1. The number of fused-ring (bicyclic) bond motifs is 2. The minimum Gasteiger partial charge on any atom is -0.443 e. The van der Waals surface area contributed by atoms with Crippen molar-refractivity contribution < 1.29 is 13.9 Å². The lowest BCUT2D eigenvalue weighted by molar-refractivity contribution is 0.139. The molecule has 0 saturated heterocycles. The number of rotatable bonds is 4. The van der Waals surface area contributed by atoms with Crippen molar-refractivity contribution in [3.05, 3.63) is 96.1 Å². The van der Waals surface area contributed by atoms with Crippen molar-refractivity contribution in [2.45, 2.75) is 44.6 Å². The number of benzene rings is 3. The van der Waals surface area contributed by atoms with Gasteiger partial charge in [0.05, 0.1) is 17.2 Å². The van der Waals surface area contributed by atoms with Crippen molar-refractivity contribution in [2.75, 3.05) is 0 Å². The van der Waals surface area contributed by atoms with Crippen LogP contribution in [0.15, 0.2) is 79.0 Å². The Kier molecular flexibility index (Phi) is 5.57. The quantitative estimate of drug-likeness (QED) is 0.278. The molecule has 0 unspecified atom stereocenters. The summed E-state index contributed by atoms with van der Waals surface area (Å²) in [6.45, 7) is 0.191. The summed E-state index contributed by atoms with van der Waals surface area (Å²) in [5.41, 5.74) is 4.85. The van der Waals surface area contributed by atoms with Gasteiger partial charge >= 0.3 is 6.09 Å². The Morgan fingerprint density at radius 1 is 0.914 bits per heavy atom. The lowest BCUT2D eigenvalue weighted by atomic mass is 9.87. The predicted octanol–water partition coefficient (Wildman–Crippen LogP) is 7.35. The molecule has 0 N–H and O–H groups in total. The largest absolute Gasteiger partial charge is 0.443 e. The standard InChI is InChI=1S/C29H26FN3O2/c30-24-11-13-25(14-12-24)32-26(21-9-5-2-6-10-21)15-22-16-28-23(17-27(22)32)18-31-33(28)29(34)35-19-20-7-3-1-4-8-20/h1,3-4,7-8,11-18,21H,2,5-6,9-10,19H2. The van der Waals surface area contributed by atoms with E-state index < -0.39 is 6.09 Å². The summed E-state index contributed by atoms with van der Waals surface area (Å²) < 4.78 is 22.8. The van der Waals surface area contributed by atoms with Crippen LogP contribution in [0, 0.1) is 5.82 Å². The SMILES string of the molecule is O=C(OCc1ccccc1)n1ncc2cc3c(cc(C4CCCCC4)n3-c3ccc(F)cc3)cc21. The van der Waals surface area contributed by atoms with Gasteiger partial charge in [0.1, 0.15) is 12.4 Å². The molecule has 5 aromatic rings. The molecule has 0 atom stereocenters. The Morgan fingerprint density at radius 2 is 1.66 bits per heavy atom. The molecule has 0 aliphatic heterocycles. The molecule has 0 spiro atoms. The van der Waals surface area contributed by atoms with Crippen molar-refractivity contribution in [3.8, 4) is 5.69 Å². The van der Waals surface area contributed by atoms with E-state index in [-0.39, 0.29) is 12.4 Å². The zero-order valence-electron chi connectivity index (χ0n) is 19.4. The van der Waals surface area contributed by atoms with Crippen LogP contribution in [-0.2, 0) is 11.3 Å². The molecule has 0 bridgehead atoms. The zero-order valence-corrected chi connectivity index (χ0v) is 19.4. The fraction of sp³-hybridized carbons (Fsp3) is 0.241. The van der Waals surface area contributed by atoms with Crippen LogP contribution in [0.25, 0.3) is 27.5 Å². The first kappa shape index (κ1) is 21.6. The molecule has 0 radical (unpaired) electrons. The molecule has 1 fully saturated rings. The number of hydrogen-bond donors (Lipinski definition) is 0. The van der Waals surface area contributed by atoms with Gasteiger partial charge in [-0.1, -0.05) is 49.6 Å². The normalized spacial score (nSPS) is 14.5. The summed E-state index contributed by atoms with van der Waals surface area (Å²) in [6, 6.07) is 22.6. The summed E-state index contributed by atoms with van der Waals surface area (Å²) in [6.07, 6.45) is 7.21. The second-order valence-corrected chi connectivity index (χ2v) is 9.28. The molecule has 2 heterocycles. The fourth-order valence-electron chi connectivity index (χ4n) is 5.25. The lowest BCUT2D eigenvalue weighted by Crippen LogP contribution is -2.14. The Bertz CT molecular complexity index is 1500. The van der Waals surface area contributed by atoms with Crippen molar-refractivity contribution in [1.29, 1.82) is 0 Å². The molecule has 2 aromatic heterocycles. The van der Waals surface area contributed by atoms with Crippen molar-refractivity contribution in [2.24, 2.45) is 0 Å². The van der Waals surface area contributed by atoms with Gasteiger partial charge in [-0.25, -0.2) is 9.18 Å². The number of carbonyl (C=O) groups is 1. The third kappa shape index (κ3) is 4.09. The Labute approximate surface area is 202 Å². The van der Waals surface area contributed by atoms with E-state index in [2.05, 4.69) is 21.8 Å². The highest BCUT2D eigenvalue weighted by molar-refractivity contribution is 5.99. The zero-order chi connectivity index (χ0) is 23.8. The van der Waals surface area contributed by atoms with Gasteiger partial charge in [0, 0.05) is 22.2 Å². The number of nitrogens with zero attached hydrogens (tertiary/aromatic N) is 3. The van der Waals surface area contributed by atoms with E-state index in [0.717, 1.165) is 40.4 Å². The van der Waals surface area contributed by atoms with Gasteiger partial charge in [0.15, 0.2) is 0 Å². The van der Waals surface area contributed by atoms with Gasteiger partial charge in [-0.15, -0.1) is 0 Å². The van der Waals surface area contributed by atoms with E-state index in [1.807, 2.05) is 48.5 Å². The maximum atomic E-state index is 13.7. The van der Waals surface area contributed by atoms with Crippen LogP contribution in [0.4, 0.5) is 9.18 Å². The molecule has 35 heavy (non-hydrogen) atoms. The van der Waals surface area contributed by atoms with Crippen LogP contribution in [0.5, 0.6) is 0 Å². The number of aromatic nitrogens is 3. The summed E-state index contributed by atoms with van der Waals surface area (Å²) in [5.74, 6) is 0.207. The van der Waals surface area contributed by atoms with Crippen LogP contribution in [0.3, 0.4) is 0 Å². The summed E-state index contributed by atoms with van der Waals surface area (Å²) in [7, 11) is 0. The number of hydrogen-bond acceptors (Lipinski definition) is 3. The Hall–Kier alpha value is -3.93. The van der Waals surface area contributed by atoms with E-state index in [0.29, 0.717) is 11.4 Å². The number of halogens is 1. The average molecular weight is 468 g/mol. The fourth-order valence-corrected chi connectivity index (χ4v) is 5.25. The van der Waals surface area contributed by atoms with E-state index in [9.17, 15) is 9.18 Å². The molecule has 3 aromatic carbocycles. The van der Waals surface area contributed by atoms with Crippen molar-refractivity contribution >= 4 is 27.9 Å². The molecule has 5 nitrogen and oxygen atoms in total. The van der Waals surface area contributed by atoms with Gasteiger partial charge in [-0.2, -0.15) is 9.78 Å². The number of ether oxygens (including phenoxy) is 1. The molecule has 1 aliphatic rings. The smallest absolute Gasteiger partial charge is 0.435 e. The van der Waals surface area contributed by atoms with Crippen LogP contribution in [-0.4, -0.2) is 20.4 Å². The van der Waals surface area contributed by atoms with E-state index >= 15 is 0 Å². The number of carbonyl (C=O) groups excluding carboxylic acids is 1. The van der Waals surface area contributed by atoms with Crippen LogP contribution in [0.2, 0.25) is 0 Å². The molecule has 1 saturated carbocycles. The maximum absolute atomic E-state index is 13.7. The van der Waals surface area contributed by atoms with Gasteiger partial charge < -0.3 is 9.30 Å². The molecule has 6 heteroatoms. The van der Waals surface area contributed by atoms with Gasteiger partial charge in [-0.3, -0.25) is 0 Å². The highest BCUT2D eigenvalue weighted by Crippen LogP contribution is 2.38. The van der Waals surface area contributed by atoms with Crippen LogP contribution in [0.1, 0.15) is 49.3 Å². The summed E-state index contributed by atoms with van der Waals surface area (Å²) in [5, 5.41) is 6.20. The first-order valence-corrected chi connectivity index (χ1v) is 12.2. The third-order valence-electron chi connectivity index (χ3n) is 7.01. The van der Waals surface area contributed by atoms with E-state index in [1.165, 1.54) is 41.8 Å². The molecule has 6 rings (SSSR count). The van der Waals surface area contributed by atoms with Crippen LogP contribution >= 0.6 is 0 Å². The predicted molar refractivity (Wildman–Crippen MR) is 134 cm³/mol.